The molecule has 0 bridgehead atoms. The number of rotatable bonds is 22. The Bertz CT molecular complexity index is 1430. The van der Waals surface area contributed by atoms with Gasteiger partial charge in [0.05, 0.1) is 24.3 Å². The Morgan fingerprint density at radius 3 is 2.02 bits per heavy atom. The van der Waals surface area contributed by atoms with Gasteiger partial charge >= 0.3 is 17.8 Å². The summed E-state index contributed by atoms with van der Waals surface area (Å²) >= 11 is 0. The zero-order valence-corrected chi connectivity index (χ0v) is 27.2. The molecule has 0 atom stereocenters. The van der Waals surface area contributed by atoms with E-state index < -0.39 is 17.4 Å². The SMILES string of the molecule is C=CC(=O)OCCCCCCCCCCCCCCOc1ccc2cc(-c3ccc(CCCCC)cc3C(F)(F)F)c(=O)oc2c1. The number of esters is 1. The predicted octanol–water partition coefficient (Wildman–Crippen LogP) is 11.0. The van der Waals surface area contributed by atoms with Crippen LogP contribution in [0, 0.1) is 0 Å². The maximum Gasteiger partial charge on any atom is 0.417 e. The minimum atomic E-state index is -4.59. The van der Waals surface area contributed by atoms with Crippen LogP contribution in [0.25, 0.3) is 22.1 Å². The van der Waals surface area contributed by atoms with E-state index >= 15 is 0 Å². The van der Waals surface area contributed by atoms with Crippen molar-refractivity contribution in [2.24, 2.45) is 0 Å². The van der Waals surface area contributed by atoms with Crippen LogP contribution < -0.4 is 10.4 Å². The van der Waals surface area contributed by atoms with E-state index in [4.69, 9.17) is 13.9 Å². The van der Waals surface area contributed by atoms with Gasteiger partial charge in [0, 0.05) is 23.1 Å². The first-order valence-electron chi connectivity index (χ1n) is 16.9. The van der Waals surface area contributed by atoms with Crippen molar-refractivity contribution in [1.29, 1.82) is 0 Å². The molecule has 3 aromatic rings. The Labute approximate surface area is 271 Å². The average molecular weight is 643 g/mol. The lowest BCUT2D eigenvalue weighted by atomic mass is 9.95. The summed E-state index contributed by atoms with van der Waals surface area (Å²) in [6.07, 6.45) is 13.6. The number of alkyl halides is 3. The molecule has 0 radical (unpaired) electrons. The molecule has 0 aliphatic heterocycles. The second kappa shape index (κ2) is 19.9. The quantitative estimate of drug-likeness (QED) is 0.0472. The highest BCUT2D eigenvalue weighted by atomic mass is 19.4. The van der Waals surface area contributed by atoms with E-state index in [0.717, 1.165) is 57.4 Å². The molecule has 252 valence electrons. The Hall–Kier alpha value is -3.55. The van der Waals surface area contributed by atoms with E-state index in [1.165, 1.54) is 63.2 Å². The van der Waals surface area contributed by atoms with Crippen molar-refractivity contribution >= 4 is 16.9 Å². The van der Waals surface area contributed by atoms with Crippen molar-refractivity contribution in [3.8, 4) is 16.9 Å². The van der Waals surface area contributed by atoms with Crippen molar-refractivity contribution in [3.63, 3.8) is 0 Å². The van der Waals surface area contributed by atoms with E-state index in [-0.39, 0.29) is 22.7 Å². The average Bonchev–Trinajstić information content (AvgIpc) is 3.03. The summed E-state index contributed by atoms with van der Waals surface area (Å²) in [6.45, 7) is 6.45. The minimum absolute atomic E-state index is 0.103. The van der Waals surface area contributed by atoms with Gasteiger partial charge in [0.1, 0.15) is 11.3 Å². The van der Waals surface area contributed by atoms with Crippen LogP contribution in [0.4, 0.5) is 13.2 Å². The van der Waals surface area contributed by atoms with Gasteiger partial charge in [-0.15, -0.1) is 0 Å². The highest BCUT2D eigenvalue weighted by molar-refractivity contribution is 5.83. The molecule has 0 amide bonds. The summed E-state index contributed by atoms with van der Waals surface area (Å²) in [4.78, 5) is 23.8. The third-order valence-electron chi connectivity index (χ3n) is 8.17. The molecule has 0 N–H and O–H groups in total. The van der Waals surface area contributed by atoms with Gasteiger partial charge in [-0.2, -0.15) is 13.2 Å². The van der Waals surface area contributed by atoms with Crippen LogP contribution in [0.15, 0.2) is 64.3 Å². The molecular weight excluding hydrogens is 593 g/mol. The molecule has 3 rings (SSSR count). The normalized spacial score (nSPS) is 11.6. The van der Waals surface area contributed by atoms with E-state index in [9.17, 15) is 22.8 Å². The number of halogens is 3. The smallest absolute Gasteiger partial charge is 0.417 e. The third-order valence-corrected chi connectivity index (χ3v) is 8.17. The summed E-state index contributed by atoms with van der Waals surface area (Å²) in [5.74, 6) is 0.212. The zero-order valence-electron chi connectivity index (χ0n) is 27.2. The van der Waals surface area contributed by atoms with Crippen LogP contribution >= 0.6 is 0 Å². The molecule has 0 aliphatic carbocycles. The maximum atomic E-state index is 14.0. The number of hydrogen-bond acceptors (Lipinski definition) is 5. The lowest BCUT2D eigenvalue weighted by Crippen LogP contribution is -2.12. The summed E-state index contributed by atoms with van der Waals surface area (Å²) in [6, 6.07) is 10.8. The largest absolute Gasteiger partial charge is 0.493 e. The number of hydrogen-bond donors (Lipinski definition) is 0. The monoisotopic (exact) mass is 642 g/mol. The molecule has 0 fully saturated rings. The van der Waals surface area contributed by atoms with Gasteiger partial charge in [-0.1, -0.05) is 103 Å². The van der Waals surface area contributed by atoms with Crippen molar-refractivity contribution in [2.45, 2.75) is 116 Å². The first kappa shape index (κ1) is 36.9. The molecule has 8 heteroatoms. The highest BCUT2D eigenvalue weighted by Gasteiger charge is 2.34. The molecule has 5 nitrogen and oxygen atoms in total. The Balaban J connectivity index is 1.38. The van der Waals surface area contributed by atoms with Gasteiger partial charge in [-0.25, -0.2) is 9.59 Å². The van der Waals surface area contributed by atoms with Gasteiger partial charge < -0.3 is 13.9 Å². The van der Waals surface area contributed by atoms with Gasteiger partial charge in [0.2, 0.25) is 0 Å². The number of carbonyl (C=O) groups excluding carboxylic acids is 1. The lowest BCUT2D eigenvalue weighted by Gasteiger charge is -2.15. The van der Waals surface area contributed by atoms with Crippen LogP contribution in [-0.4, -0.2) is 19.2 Å². The van der Waals surface area contributed by atoms with Crippen LogP contribution in [0.5, 0.6) is 5.75 Å². The topological polar surface area (TPSA) is 65.7 Å². The number of fused-ring (bicyclic) bond motifs is 1. The van der Waals surface area contributed by atoms with Crippen molar-refractivity contribution in [3.05, 3.63) is 76.7 Å². The van der Waals surface area contributed by atoms with Crippen LogP contribution in [0.2, 0.25) is 0 Å². The second-order valence-electron chi connectivity index (χ2n) is 11.9. The van der Waals surface area contributed by atoms with Crippen LogP contribution in [-0.2, 0) is 22.1 Å². The highest BCUT2D eigenvalue weighted by Crippen LogP contribution is 2.38. The Morgan fingerprint density at radius 1 is 0.783 bits per heavy atom. The van der Waals surface area contributed by atoms with E-state index in [1.807, 2.05) is 6.92 Å². The molecule has 1 aromatic heterocycles. The molecular formula is C38H49F3O5. The van der Waals surface area contributed by atoms with E-state index in [2.05, 4.69) is 6.58 Å². The number of ether oxygens (including phenoxy) is 2. The fourth-order valence-corrected chi connectivity index (χ4v) is 5.56. The van der Waals surface area contributed by atoms with Gasteiger partial charge in [0.15, 0.2) is 0 Å². The van der Waals surface area contributed by atoms with Gasteiger partial charge in [0.25, 0.3) is 0 Å². The van der Waals surface area contributed by atoms with Crippen LogP contribution in [0.1, 0.15) is 114 Å². The summed E-state index contributed by atoms with van der Waals surface area (Å²) in [5, 5.41) is 0.536. The molecule has 0 saturated carbocycles. The fourth-order valence-electron chi connectivity index (χ4n) is 5.56. The molecule has 0 aliphatic rings. The fraction of sp³-hybridized carbons (Fsp3) is 0.526. The second-order valence-corrected chi connectivity index (χ2v) is 11.9. The number of unbranched alkanes of at least 4 members (excludes halogenated alkanes) is 13. The molecule has 46 heavy (non-hydrogen) atoms. The van der Waals surface area contributed by atoms with E-state index in [0.29, 0.717) is 36.3 Å². The first-order valence-corrected chi connectivity index (χ1v) is 16.9. The first-order chi connectivity index (χ1) is 22.2. The molecule has 1 heterocycles. The maximum absolute atomic E-state index is 14.0. The van der Waals surface area contributed by atoms with Crippen molar-refractivity contribution in [2.75, 3.05) is 13.2 Å². The van der Waals surface area contributed by atoms with Crippen molar-refractivity contribution < 1.29 is 31.9 Å². The molecule has 0 saturated heterocycles. The standard InChI is InChI=1S/C38H49F3O5/c1-3-5-16-19-29-20-23-32(34(26-29)38(39,40)41)33-27-30-21-22-31(28-35(30)46-37(33)43)44-24-17-14-12-10-8-6-7-9-11-13-15-18-25-45-36(42)4-2/h4,20-23,26-28H,2-3,5-19,24-25H2,1H3. The zero-order chi connectivity index (χ0) is 33.2. The summed E-state index contributed by atoms with van der Waals surface area (Å²) in [7, 11) is 0. The number of benzene rings is 2. The number of aryl methyl sites for hydroxylation is 1. The van der Waals surface area contributed by atoms with E-state index in [1.54, 1.807) is 24.3 Å². The minimum Gasteiger partial charge on any atom is -0.493 e. The predicted molar refractivity (Wildman–Crippen MR) is 178 cm³/mol. The van der Waals surface area contributed by atoms with Gasteiger partial charge in [-0.05, 0) is 55.5 Å². The Kier molecular flexibility index (Phi) is 15.9. The van der Waals surface area contributed by atoms with Crippen molar-refractivity contribution in [1.82, 2.24) is 0 Å². The molecule has 0 unspecified atom stereocenters. The summed E-state index contributed by atoms with van der Waals surface area (Å²) < 4.78 is 58.3. The molecule has 0 spiro atoms. The number of carbonyl (C=O) groups is 1. The third kappa shape index (κ3) is 12.7. The molecule has 2 aromatic carbocycles. The van der Waals surface area contributed by atoms with Crippen LogP contribution in [0.3, 0.4) is 0 Å². The lowest BCUT2D eigenvalue weighted by molar-refractivity contribution is -0.138. The van der Waals surface area contributed by atoms with Gasteiger partial charge in [-0.3, -0.25) is 0 Å². The Morgan fingerprint density at radius 2 is 1.41 bits per heavy atom. The summed E-state index contributed by atoms with van der Waals surface area (Å²) in [5.41, 5.74) is -1.00.